The predicted molar refractivity (Wildman–Crippen MR) is 81.9 cm³/mol. The van der Waals surface area contributed by atoms with Crippen LogP contribution in [0.5, 0.6) is 0 Å². The van der Waals surface area contributed by atoms with E-state index in [1.54, 1.807) is 29.3 Å². The first kappa shape index (κ1) is 15.1. The molecule has 0 saturated heterocycles. The van der Waals surface area contributed by atoms with Crippen molar-refractivity contribution < 1.29 is 9.72 Å². The van der Waals surface area contributed by atoms with Crippen molar-refractivity contribution in [1.82, 2.24) is 4.37 Å². The van der Waals surface area contributed by atoms with Crippen LogP contribution in [0.1, 0.15) is 29.4 Å². The van der Waals surface area contributed by atoms with Crippen LogP contribution >= 0.6 is 11.5 Å². The third kappa shape index (κ3) is 3.25. The van der Waals surface area contributed by atoms with Crippen LogP contribution < -0.4 is 4.90 Å². The molecule has 0 N–H and O–H groups in total. The summed E-state index contributed by atoms with van der Waals surface area (Å²) >= 11 is 1.23. The van der Waals surface area contributed by atoms with E-state index in [0.29, 0.717) is 23.5 Å². The van der Waals surface area contributed by atoms with Crippen LogP contribution in [-0.2, 0) is 0 Å². The number of rotatable bonds is 5. The molecular weight excluding hydrogens is 290 g/mol. The van der Waals surface area contributed by atoms with E-state index >= 15 is 0 Å². The third-order valence-electron chi connectivity index (χ3n) is 3.02. The smallest absolute Gasteiger partial charge is 0.271 e. The zero-order valence-corrected chi connectivity index (χ0v) is 12.6. The number of anilines is 1. The molecule has 1 aromatic carbocycles. The zero-order chi connectivity index (χ0) is 15.4. The van der Waals surface area contributed by atoms with Gasteiger partial charge in [0.1, 0.15) is 0 Å². The molecule has 21 heavy (non-hydrogen) atoms. The molecule has 0 aliphatic heterocycles. The fourth-order valence-corrected chi connectivity index (χ4v) is 2.68. The van der Waals surface area contributed by atoms with Gasteiger partial charge in [0.15, 0.2) is 0 Å². The highest BCUT2D eigenvalue weighted by Crippen LogP contribution is 2.24. The van der Waals surface area contributed by atoms with Crippen molar-refractivity contribution in [3.05, 3.63) is 51.0 Å². The molecule has 0 bridgehead atoms. The fourth-order valence-electron chi connectivity index (χ4n) is 1.99. The Morgan fingerprint density at radius 3 is 2.81 bits per heavy atom. The van der Waals surface area contributed by atoms with E-state index in [-0.39, 0.29) is 11.6 Å². The van der Waals surface area contributed by atoms with Gasteiger partial charge in [-0.2, -0.15) is 4.37 Å². The number of non-ortho nitro benzene ring substituents is 1. The van der Waals surface area contributed by atoms with Gasteiger partial charge in [0.2, 0.25) is 0 Å². The average molecular weight is 305 g/mol. The number of aromatic nitrogens is 1. The highest BCUT2D eigenvalue weighted by molar-refractivity contribution is 7.04. The minimum absolute atomic E-state index is 0.0263. The first-order chi connectivity index (χ1) is 10.0. The Morgan fingerprint density at radius 1 is 1.48 bits per heavy atom. The molecule has 0 aliphatic rings. The highest BCUT2D eigenvalue weighted by atomic mass is 32.1. The van der Waals surface area contributed by atoms with Gasteiger partial charge in [-0.25, -0.2) is 0 Å². The summed E-state index contributed by atoms with van der Waals surface area (Å²) in [6.45, 7) is 4.23. The van der Waals surface area contributed by atoms with E-state index in [4.69, 9.17) is 0 Å². The molecule has 6 nitrogen and oxygen atoms in total. The van der Waals surface area contributed by atoms with E-state index in [2.05, 4.69) is 4.37 Å². The van der Waals surface area contributed by atoms with Crippen LogP contribution in [0.15, 0.2) is 29.6 Å². The van der Waals surface area contributed by atoms with Crippen LogP contribution in [-0.4, -0.2) is 21.7 Å². The van der Waals surface area contributed by atoms with Crippen molar-refractivity contribution >= 4 is 28.8 Å². The maximum Gasteiger partial charge on any atom is 0.271 e. The molecule has 1 amide bonds. The molecule has 1 heterocycles. The summed E-state index contributed by atoms with van der Waals surface area (Å²) < 4.78 is 4.11. The first-order valence-corrected chi connectivity index (χ1v) is 7.35. The second-order valence-corrected chi connectivity index (χ2v) is 5.18. The van der Waals surface area contributed by atoms with Gasteiger partial charge in [-0.3, -0.25) is 14.9 Å². The Bertz CT molecular complexity index is 669. The third-order valence-corrected chi connectivity index (χ3v) is 3.75. The van der Waals surface area contributed by atoms with Crippen molar-refractivity contribution in [2.45, 2.75) is 20.3 Å². The van der Waals surface area contributed by atoms with E-state index in [0.717, 1.165) is 6.42 Å². The number of aryl methyl sites for hydroxylation is 1. The maximum atomic E-state index is 12.6. The Balaban J connectivity index is 2.39. The molecule has 1 aromatic heterocycles. The number of benzene rings is 1. The molecular formula is C14H15N3O3S. The summed E-state index contributed by atoms with van der Waals surface area (Å²) in [4.78, 5) is 24.6. The van der Waals surface area contributed by atoms with Gasteiger partial charge in [-0.05, 0) is 30.9 Å². The van der Waals surface area contributed by atoms with Crippen LogP contribution in [0.2, 0.25) is 0 Å². The van der Waals surface area contributed by atoms with E-state index < -0.39 is 4.92 Å². The zero-order valence-electron chi connectivity index (χ0n) is 11.8. The van der Waals surface area contributed by atoms with Crippen molar-refractivity contribution in [3.63, 3.8) is 0 Å². The normalized spacial score (nSPS) is 10.4. The monoisotopic (exact) mass is 305 g/mol. The minimum Gasteiger partial charge on any atom is -0.308 e. The molecule has 110 valence electrons. The fraction of sp³-hybridized carbons (Fsp3) is 0.286. The average Bonchev–Trinajstić information content (AvgIpc) is 2.90. The molecule has 2 rings (SSSR count). The summed E-state index contributed by atoms with van der Waals surface area (Å²) in [5.41, 5.74) is 1.72. The summed E-state index contributed by atoms with van der Waals surface area (Å²) in [5, 5.41) is 12.6. The first-order valence-electron chi connectivity index (χ1n) is 6.52. The Kier molecular flexibility index (Phi) is 4.64. The molecule has 0 saturated carbocycles. The van der Waals surface area contributed by atoms with E-state index in [1.165, 1.54) is 23.7 Å². The van der Waals surface area contributed by atoms with Crippen LogP contribution in [0, 0.1) is 17.0 Å². The summed E-state index contributed by atoms with van der Waals surface area (Å²) in [5.74, 6) is -0.177. The van der Waals surface area contributed by atoms with Crippen LogP contribution in [0.3, 0.4) is 0 Å². The van der Waals surface area contributed by atoms with Gasteiger partial charge in [0.05, 0.1) is 21.9 Å². The quantitative estimate of drug-likeness (QED) is 0.626. The van der Waals surface area contributed by atoms with Gasteiger partial charge in [0, 0.05) is 24.1 Å². The van der Waals surface area contributed by atoms with E-state index in [1.807, 2.05) is 6.92 Å². The van der Waals surface area contributed by atoms with Crippen molar-refractivity contribution in [2.24, 2.45) is 0 Å². The number of carbonyl (C=O) groups is 1. The van der Waals surface area contributed by atoms with Gasteiger partial charge >= 0.3 is 0 Å². The molecule has 0 atom stereocenters. The lowest BCUT2D eigenvalue weighted by molar-refractivity contribution is -0.384. The molecule has 0 radical (unpaired) electrons. The topological polar surface area (TPSA) is 76.3 Å². The maximum absolute atomic E-state index is 12.6. The Hall–Kier alpha value is -2.28. The summed E-state index contributed by atoms with van der Waals surface area (Å²) in [6.07, 6.45) is 0.755. The molecule has 0 spiro atoms. The van der Waals surface area contributed by atoms with E-state index in [9.17, 15) is 14.9 Å². The Labute approximate surface area is 126 Å². The lowest BCUT2D eigenvalue weighted by atomic mass is 10.2. The number of amides is 1. The molecule has 0 unspecified atom stereocenters. The lowest BCUT2D eigenvalue weighted by Crippen LogP contribution is -2.31. The van der Waals surface area contributed by atoms with Crippen molar-refractivity contribution in [1.29, 1.82) is 0 Å². The number of nitro benzene ring substituents is 1. The molecule has 0 aliphatic carbocycles. The number of nitrogens with zero attached hydrogens (tertiary/aromatic N) is 3. The minimum atomic E-state index is -0.463. The summed E-state index contributed by atoms with van der Waals surface area (Å²) in [7, 11) is 0. The van der Waals surface area contributed by atoms with Gasteiger partial charge < -0.3 is 4.90 Å². The van der Waals surface area contributed by atoms with Gasteiger partial charge in [-0.15, -0.1) is 0 Å². The number of nitro groups is 1. The molecule has 2 aromatic rings. The predicted octanol–water partition coefficient (Wildman–Crippen LogP) is 3.42. The lowest BCUT2D eigenvalue weighted by Gasteiger charge is -2.21. The standard InChI is InChI=1S/C14H15N3O3S/c1-3-7-16(14(18)13-9-21-15-10(13)2)11-5-4-6-12(8-11)17(19)20/h4-6,8-9H,3,7H2,1-2H3. The van der Waals surface area contributed by atoms with Crippen molar-refractivity contribution in [3.8, 4) is 0 Å². The van der Waals surface area contributed by atoms with Gasteiger partial charge in [-0.1, -0.05) is 13.0 Å². The van der Waals surface area contributed by atoms with Crippen LogP contribution in [0.25, 0.3) is 0 Å². The van der Waals surface area contributed by atoms with Crippen molar-refractivity contribution in [2.75, 3.05) is 11.4 Å². The molecule has 0 fully saturated rings. The highest BCUT2D eigenvalue weighted by Gasteiger charge is 2.21. The number of hydrogen-bond donors (Lipinski definition) is 0. The number of hydrogen-bond acceptors (Lipinski definition) is 5. The molecule has 7 heteroatoms. The SMILES string of the molecule is CCCN(C(=O)c1csnc1C)c1cccc([N+](=O)[O-])c1. The van der Waals surface area contributed by atoms with Crippen LogP contribution in [0.4, 0.5) is 11.4 Å². The summed E-state index contributed by atoms with van der Waals surface area (Å²) in [6, 6.07) is 6.12. The largest absolute Gasteiger partial charge is 0.308 e. The number of carbonyl (C=O) groups excluding carboxylic acids is 1. The van der Waals surface area contributed by atoms with Gasteiger partial charge in [0.25, 0.3) is 11.6 Å². The second-order valence-electron chi connectivity index (χ2n) is 4.55. The Morgan fingerprint density at radius 2 is 2.24 bits per heavy atom. The second kappa shape index (κ2) is 6.45.